The predicted molar refractivity (Wildman–Crippen MR) is 79.9 cm³/mol. The van der Waals surface area contributed by atoms with Crippen LogP contribution in [0.25, 0.3) is 11.1 Å². The molecule has 0 saturated heterocycles. The molecule has 0 aromatic carbocycles. The van der Waals surface area contributed by atoms with Crippen LogP contribution in [0.15, 0.2) is 10.1 Å². The molecule has 1 aliphatic rings. The van der Waals surface area contributed by atoms with E-state index >= 15 is 0 Å². The van der Waals surface area contributed by atoms with E-state index in [1.165, 1.54) is 0 Å². The molecule has 2 aromatic rings. The van der Waals surface area contributed by atoms with Crippen LogP contribution in [0.2, 0.25) is 0 Å². The molecule has 0 saturated carbocycles. The Bertz CT molecular complexity index is 704. The molecule has 0 amide bonds. The monoisotopic (exact) mass is 382 g/mol. The lowest BCUT2D eigenvalue weighted by Crippen LogP contribution is -2.18. The number of hydrogen-bond acceptors (Lipinski definition) is 8. The first-order valence-corrected chi connectivity index (χ1v) is 8.50. The average Bonchev–Trinajstić information content (AvgIpc) is 3.12. The SMILES string of the molecule is O=C1C(Cl)=C(Cl)C(=O)C(c2nsn[s+]2)=C1c1nsn[s+]1. The normalized spacial score (nSPS) is 16.3. The van der Waals surface area contributed by atoms with Crippen LogP contribution in [-0.2, 0) is 9.59 Å². The van der Waals surface area contributed by atoms with Gasteiger partial charge in [0.2, 0.25) is 34.6 Å². The van der Waals surface area contributed by atoms with Gasteiger partial charge >= 0.3 is 23.5 Å². The lowest BCUT2D eigenvalue weighted by Gasteiger charge is -2.11. The lowest BCUT2D eigenvalue weighted by atomic mass is 9.95. The molecule has 0 aliphatic heterocycles. The van der Waals surface area contributed by atoms with Gasteiger partial charge in [-0.3, -0.25) is 9.59 Å². The summed E-state index contributed by atoms with van der Waals surface area (Å²) < 4.78 is 15.7. The van der Waals surface area contributed by atoms with Gasteiger partial charge in [0.1, 0.15) is 28.7 Å². The molecule has 100 valence electrons. The minimum atomic E-state index is -0.560. The molecule has 1 aliphatic carbocycles. The summed E-state index contributed by atoms with van der Waals surface area (Å²) in [6.45, 7) is 0. The number of ketones is 2. The first-order valence-electron chi connectivity index (χ1n) is 4.74. The lowest BCUT2D eigenvalue weighted by molar-refractivity contribution is -0.113. The third-order valence-corrected chi connectivity index (χ3v) is 5.93. The molecule has 0 radical (unpaired) electrons. The molecule has 0 spiro atoms. The molecule has 0 bridgehead atoms. The van der Waals surface area contributed by atoms with Crippen LogP contribution in [0.5, 0.6) is 0 Å². The third kappa shape index (κ3) is 2.22. The van der Waals surface area contributed by atoms with Crippen molar-refractivity contribution in [3.05, 3.63) is 20.1 Å². The summed E-state index contributed by atoms with van der Waals surface area (Å²) in [5, 5.41) is -0.00987. The zero-order valence-corrected chi connectivity index (χ0v) is 13.8. The molecule has 0 N–H and O–H groups in total. The number of aromatic nitrogens is 4. The Morgan fingerprint density at radius 1 is 0.800 bits per heavy atom. The first-order chi connectivity index (χ1) is 9.61. The molecule has 0 unspecified atom stereocenters. The maximum absolute atomic E-state index is 12.3. The number of rotatable bonds is 2. The average molecular weight is 383 g/mol. The van der Waals surface area contributed by atoms with Gasteiger partial charge in [-0.25, -0.2) is 0 Å². The van der Waals surface area contributed by atoms with Gasteiger partial charge in [0.25, 0.3) is 10.0 Å². The first kappa shape index (κ1) is 14.2. The highest BCUT2D eigenvalue weighted by Gasteiger charge is 2.41. The van der Waals surface area contributed by atoms with Gasteiger partial charge in [-0.05, 0) is 8.75 Å². The van der Waals surface area contributed by atoms with Crippen LogP contribution >= 0.6 is 69.7 Å². The van der Waals surface area contributed by atoms with Crippen LogP contribution in [0.4, 0.5) is 0 Å². The van der Waals surface area contributed by atoms with E-state index in [0.29, 0.717) is 10.0 Å². The van der Waals surface area contributed by atoms with Crippen LogP contribution in [0.3, 0.4) is 0 Å². The van der Waals surface area contributed by atoms with Crippen LogP contribution in [0.1, 0.15) is 10.0 Å². The minimum Gasteiger partial charge on any atom is -0.287 e. The van der Waals surface area contributed by atoms with Crippen molar-refractivity contribution >= 4 is 92.4 Å². The molecule has 3 rings (SSSR count). The van der Waals surface area contributed by atoms with Crippen molar-refractivity contribution in [1.29, 1.82) is 0 Å². The van der Waals surface area contributed by atoms with Crippen LogP contribution in [-0.4, -0.2) is 27.8 Å². The smallest absolute Gasteiger partial charge is 0.287 e. The molecule has 6 nitrogen and oxygen atoms in total. The summed E-state index contributed by atoms with van der Waals surface area (Å²) in [6, 6.07) is 0. The van der Waals surface area contributed by atoms with E-state index in [-0.39, 0.29) is 21.2 Å². The summed E-state index contributed by atoms with van der Waals surface area (Å²) in [5.74, 6) is -1.12. The van der Waals surface area contributed by atoms with E-state index < -0.39 is 11.6 Å². The summed E-state index contributed by atoms with van der Waals surface area (Å²) in [5.41, 5.74) is 0.152. The van der Waals surface area contributed by atoms with Crippen molar-refractivity contribution in [3.63, 3.8) is 0 Å². The van der Waals surface area contributed by atoms with Crippen molar-refractivity contribution in [2.45, 2.75) is 0 Å². The molecule has 0 atom stereocenters. The Labute approximate surface area is 138 Å². The molecule has 0 fully saturated rings. The maximum atomic E-state index is 12.3. The Kier molecular flexibility index (Phi) is 3.93. The summed E-state index contributed by atoms with van der Waals surface area (Å²) in [6.07, 6.45) is 0. The number of carbonyl (C=O) groups is 2. The highest BCUT2D eigenvalue weighted by molar-refractivity contribution is 7.19. The zero-order valence-electron chi connectivity index (χ0n) is 8.99. The quantitative estimate of drug-likeness (QED) is 0.586. The van der Waals surface area contributed by atoms with Gasteiger partial charge in [0.05, 0.1) is 0 Å². The second kappa shape index (κ2) is 5.54. The second-order valence-electron chi connectivity index (χ2n) is 3.32. The van der Waals surface area contributed by atoms with E-state index in [4.69, 9.17) is 23.2 Å². The highest BCUT2D eigenvalue weighted by Crippen LogP contribution is 2.40. The van der Waals surface area contributed by atoms with Gasteiger partial charge in [-0.1, -0.05) is 23.2 Å². The van der Waals surface area contributed by atoms with E-state index in [9.17, 15) is 9.59 Å². The van der Waals surface area contributed by atoms with E-state index in [0.717, 1.165) is 46.5 Å². The van der Waals surface area contributed by atoms with E-state index in [2.05, 4.69) is 16.3 Å². The molecular formula is C8Cl2N4O2S4+2. The predicted octanol–water partition coefficient (Wildman–Crippen LogP) is 2.83. The topological polar surface area (TPSA) is 85.7 Å². The van der Waals surface area contributed by atoms with Crippen molar-refractivity contribution in [3.8, 4) is 0 Å². The largest absolute Gasteiger partial charge is 0.331 e. The van der Waals surface area contributed by atoms with Gasteiger partial charge in [-0.15, -0.1) is 0 Å². The Morgan fingerprint density at radius 2 is 1.20 bits per heavy atom. The highest BCUT2D eigenvalue weighted by atomic mass is 35.5. The number of halogens is 2. The molecular weight excluding hydrogens is 383 g/mol. The molecule has 2 heterocycles. The fraction of sp³-hybridized carbons (Fsp3) is 0. The fourth-order valence-electron chi connectivity index (χ4n) is 1.48. The Hall–Kier alpha value is -0.780. The minimum absolute atomic E-state index is 0.0760. The molecule has 2 aromatic heterocycles. The van der Waals surface area contributed by atoms with Crippen molar-refractivity contribution in [2.75, 3.05) is 0 Å². The van der Waals surface area contributed by atoms with Crippen LogP contribution in [0, 0.1) is 0 Å². The number of hydrogen-bond donors (Lipinski definition) is 0. The van der Waals surface area contributed by atoms with Gasteiger partial charge in [-0.2, -0.15) is 0 Å². The van der Waals surface area contributed by atoms with Gasteiger partial charge < -0.3 is 0 Å². The van der Waals surface area contributed by atoms with E-state index in [1.54, 1.807) is 0 Å². The van der Waals surface area contributed by atoms with Crippen molar-refractivity contribution in [1.82, 2.24) is 16.3 Å². The third-order valence-electron chi connectivity index (χ3n) is 2.28. The van der Waals surface area contributed by atoms with E-state index in [1.807, 2.05) is 0 Å². The van der Waals surface area contributed by atoms with Crippen molar-refractivity contribution < 1.29 is 9.59 Å². The Balaban J connectivity index is 2.31. The summed E-state index contributed by atoms with van der Waals surface area (Å²) >= 11 is 15.5. The number of allylic oxidation sites excluding steroid dienone is 4. The number of Topliss-reactive ketones (excluding diaryl/α,β-unsaturated/α-hetero) is 2. The molecule has 20 heavy (non-hydrogen) atoms. The number of carbonyl (C=O) groups excluding carboxylic acids is 2. The second-order valence-corrected chi connectivity index (χ2v) is 7.10. The molecule has 12 heteroatoms. The van der Waals surface area contributed by atoms with Gasteiger partial charge in [0, 0.05) is 0 Å². The maximum Gasteiger partial charge on any atom is 0.331 e. The fourth-order valence-corrected chi connectivity index (χ4v) is 4.31. The number of nitrogens with zero attached hydrogens (tertiary/aromatic N) is 4. The summed E-state index contributed by atoms with van der Waals surface area (Å²) in [7, 11) is 0. The van der Waals surface area contributed by atoms with Gasteiger partial charge in [0.15, 0.2) is 0 Å². The zero-order chi connectivity index (χ0) is 14.3. The summed E-state index contributed by atoms with van der Waals surface area (Å²) in [4.78, 5) is 24.6. The van der Waals surface area contributed by atoms with Crippen molar-refractivity contribution in [2.24, 2.45) is 0 Å². The van der Waals surface area contributed by atoms with Crippen LogP contribution < -0.4 is 0 Å². The Morgan fingerprint density at radius 3 is 1.50 bits per heavy atom. The standard InChI is InChI=1S/C8Cl2N4O2S4/c9-3-4(10)6(16)2(8-12-20-14-18-8)1(5(3)15)7-11-19-13-17-7/q+2.